The van der Waals surface area contributed by atoms with Crippen molar-refractivity contribution in [3.05, 3.63) is 51.4 Å². The van der Waals surface area contributed by atoms with Gasteiger partial charge in [-0.2, -0.15) is 0 Å². The molecular weight excluding hydrogens is 270 g/mol. The Morgan fingerprint density at radius 2 is 2.17 bits per heavy atom. The first-order valence-electron chi connectivity index (χ1n) is 5.08. The molecule has 0 bridgehead atoms. The van der Waals surface area contributed by atoms with Gasteiger partial charge in [0.1, 0.15) is 0 Å². The summed E-state index contributed by atoms with van der Waals surface area (Å²) in [5.41, 5.74) is 0.332. The molecule has 92 valence electrons. The summed E-state index contributed by atoms with van der Waals surface area (Å²) in [6, 6.07) is 8.24. The molecule has 0 radical (unpaired) electrons. The van der Waals surface area contributed by atoms with Crippen LogP contribution in [0.15, 0.2) is 44.8 Å². The Bertz CT molecular complexity index is 593. The minimum atomic E-state index is -0.494. The van der Waals surface area contributed by atoms with Crippen LogP contribution in [0.3, 0.4) is 0 Å². The molecule has 0 atom stereocenters. The SMILES string of the molecule is CC(=O)c1cc([N+](=O)[O-])ccc1Sc1cccs1. The third-order valence-electron chi connectivity index (χ3n) is 2.26. The van der Waals surface area contributed by atoms with Crippen LogP contribution in [-0.4, -0.2) is 10.7 Å². The first-order valence-corrected chi connectivity index (χ1v) is 6.78. The molecule has 1 aromatic heterocycles. The van der Waals surface area contributed by atoms with Gasteiger partial charge in [0.25, 0.3) is 5.69 Å². The van der Waals surface area contributed by atoms with Crippen LogP contribution in [-0.2, 0) is 0 Å². The van der Waals surface area contributed by atoms with Crippen molar-refractivity contribution in [2.75, 3.05) is 0 Å². The molecule has 0 aliphatic rings. The molecule has 2 rings (SSSR count). The Morgan fingerprint density at radius 1 is 1.39 bits per heavy atom. The topological polar surface area (TPSA) is 60.2 Å². The summed E-state index contributed by atoms with van der Waals surface area (Å²) in [6.45, 7) is 1.41. The van der Waals surface area contributed by atoms with Crippen molar-refractivity contribution in [1.82, 2.24) is 0 Å². The Labute approximate surface area is 112 Å². The van der Waals surface area contributed by atoms with E-state index < -0.39 is 4.92 Å². The number of hydrogen-bond acceptors (Lipinski definition) is 5. The number of thiophene rings is 1. The highest BCUT2D eigenvalue weighted by Gasteiger charge is 2.14. The van der Waals surface area contributed by atoms with Crippen molar-refractivity contribution in [1.29, 1.82) is 0 Å². The fourth-order valence-corrected chi connectivity index (χ4v) is 3.31. The normalized spacial score (nSPS) is 10.3. The van der Waals surface area contributed by atoms with Crippen molar-refractivity contribution >= 4 is 34.6 Å². The summed E-state index contributed by atoms with van der Waals surface area (Å²) < 4.78 is 1.05. The van der Waals surface area contributed by atoms with E-state index in [1.807, 2.05) is 17.5 Å². The Balaban J connectivity index is 2.40. The van der Waals surface area contributed by atoms with Gasteiger partial charge in [0.15, 0.2) is 5.78 Å². The van der Waals surface area contributed by atoms with E-state index >= 15 is 0 Å². The number of ketones is 1. The summed E-state index contributed by atoms with van der Waals surface area (Å²) >= 11 is 3.01. The lowest BCUT2D eigenvalue weighted by atomic mass is 10.1. The van der Waals surface area contributed by atoms with E-state index in [1.54, 1.807) is 17.4 Å². The largest absolute Gasteiger partial charge is 0.294 e. The molecule has 0 saturated heterocycles. The van der Waals surface area contributed by atoms with E-state index in [9.17, 15) is 14.9 Å². The van der Waals surface area contributed by atoms with Gasteiger partial charge in [-0.3, -0.25) is 14.9 Å². The number of benzene rings is 1. The van der Waals surface area contributed by atoms with Gasteiger partial charge in [-0.1, -0.05) is 17.8 Å². The number of nitrogens with zero attached hydrogens (tertiary/aromatic N) is 1. The maximum absolute atomic E-state index is 11.5. The monoisotopic (exact) mass is 279 g/mol. The second kappa shape index (κ2) is 5.32. The number of carbonyl (C=O) groups is 1. The lowest BCUT2D eigenvalue weighted by Crippen LogP contribution is -1.97. The molecule has 4 nitrogen and oxygen atoms in total. The highest BCUT2D eigenvalue weighted by Crippen LogP contribution is 2.35. The van der Waals surface area contributed by atoms with Crippen LogP contribution in [0.2, 0.25) is 0 Å². The molecule has 0 aliphatic carbocycles. The van der Waals surface area contributed by atoms with Crippen molar-refractivity contribution < 1.29 is 9.72 Å². The molecule has 0 spiro atoms. The van der Waals surface area contributed by atoms with Crippen LogP contribution in [0.25, 0.3) is 0 Å². The predicted molar refractivity (Wildman–Crippen MR) is 71.5 cm³/mol. The second-order valence-corrected chi connectivity index (χ2v) is 5.82. The molecule has 0 unspecified atom stereocenters. The van der Waals surface area contributed by atoms with Crippen LogP contribution in [0, 0.1) is 10.1 Å². The predicted octanol–water partition coefficient (Wildman–Crippen LogP) is 4.01. The minimum absolute atomic E-state index is 0.0595. The maximum Gasteiger partial charge on any atom is 0.270 e. The lowest BCUT2D eigenvalue weighted by molar-refractivity contribution is -0.384. The molecule has 0 amide bonds. The Morgan fingerprint density at radius 3 is 2.72 bits per heavy atom. The van der Waals surface area contributed by atoms with Crippen LogP contribution in [0.4, 0.5) is 5.69 Å². The van der Waals surface area contributed by atoms with E-state index in [0.29, 0.717) is 5.56 Å². The summed E-state index contributed by atoms with van der Waals surface area (Å²) in [6.07, 6.45) is 0. The smallest absolute Gasteiger partial charge is 0.270 e. The number of non-ortho nitro benzene ring substituents is 1. The quantitative estimate of drug-likeness (QED) is 0.482. The van der Waals surface area contributed by atoms with Gasteiger partial charge < -0.3 is 0 Å². The molecule has 18 heavy (non-hydrogen) atoms. The van der Waals surface area contributed by atoms with Gasteiger partial charge in [-0.05, 0) is 24.4 Å². The van der Waals surface area contributed by atoms with E-state index in [0.717, 1.165) is 9.10 Å². The van der Waals surface area contributed by atoms with E-state index in [1.165, 1.54) is 30.8 Å². The second-order valence-electron chi connectivity index (χ2n) is 3.53. The molecule has 0 fully saturated rings. The van der Waals surface area contributed by atoms with Gasteiger partial charge in [0, 0.05) is 22.6 Å². The molecule has 1 aromatic carbocycles. The zero-order chi connectivity index (χ0) is 13.1. The number of nitro benzene ring substituents is 1. The van der Waals surface area contributed by atoms with Crippen molar-refractivity contribution in [2.45, 2.75) is 16.0 Å². The van der Waals surface area contributed by atoms with E-state index in [-0.39, 0.29) is 11.5 Å². The number of hydrogen-bond donors (Lipinski definition) is 0. The van der Waals surface area contributed by atoms with Crippen molar-refractivity contribution in [3.63, 3.8) is 0 Å². The highest BCUT2D eigenvalue weighted by molar-refractivity contribution is 8.01. The highest BCUT2D eigenvalue weighted by atomic mass is 32.2. The zero-order valence-corrected chi connectivity index (χ0v) is 11.1. The van der Waals surface area contributed by atoms with Gasteiger partial charge >= 0.3 is 0 Å². The lowest BCUT2D eigenvalue weighted by Gasteiger charge is -2.04. The first kappa shape index (κ1) is 12.8. The third-order valence-corrected chi connectivity index (χ3v) is 4.37. The fourth-order valence-electron chi connectivity index (χ4n) is 1.43. The molecular formula is C12H9NO3S2. The summed E-state index contributed by atoms with van der Waals surface area (Å²) in [7, 11) is 0. The van der Waals surface area contributed by atoms with Gasteiger partial charge in [-0.25, -0.2) is 0 Å². The number of rotatable bonds is 4. The molecule has 2 aromatic rings. The summed E-state index contributed by atoms with van der Waals surface area (Å²) in [5, 5.41) is 12.6. The molecule has 6 heteroatoms. The Hall–Kier alpha value is -1.66. The van der Waals surface area contributed by atoms with Crippen LogP contribution >= 0.6 is 23.1 Å². The zero-order valence-electron chi connectivity index (χ0n) is 9.45. The fraction of sp³-hybridized carbons (Fsp3) is 0.0833. The first-order chi connectivity index (χ1) is 8.58. The Kier molecular flexibility index (Phi) is 3.78. The van der Waals surface area contributed by atoms with Gasteiger partial charge in [-0.15, -0.1) is 11.3 Å². The van der Waals surface area contributed by atoms with E-state index in [4.69, 9.17) is 0 Å². The number of Topliss-reactive ketones (excluding diaryl/α,β-unsaturated/α-hetero) is 1. The average Bonchev–Trinajstić information content (AvgIpc) is 2.81. The van der Waals surface area contributed by atoms with Crippen LogP contribution in [0.5, 0.6) is 0 Å². The molecule has 0 aliphatic heterocycles. The average molecular weight is 279 g/mol. The number of nitro groups is 1. The number of carbonyl (C=O) groups excluding carboxylic acids is 1. The van der Waals surface area contributed by atoms with Gasteiger partial charge in [0.05, 0.1) is 9.13 Å². The molecule has 1 heterocycles. The van der Waals surface area contributed by atoms with Crippen LogP contribution < -0.4 is 0 Å². The minimum Gasteiger partial charge on any atom is -0.294 e. The maximum atomic E-state index is 11.5. The molecule has 0 saturated carbocycles. The molecule has 0 N–H and O–H groups in total. The van der Waals surface area contributed by atoms with Crippen molar-refractivity contribution in [3.8, 4) is 0 Å². The summed E-state index contributed by atoms with van der Waals surface area (Å²) in [5.74, 6) is -0.169. The van der Waals surface area contributed by atoms with Crippen LogP contribution in [0.1, 0.15) is 17.3 Å². The summed E-state index contributed by atoms with van der Waals surface area (Å²) in [4.78, 5) is 22.5. The standard InChI is InChI=1S/C12H9NO3S2/c1-8(14)10-7-9(13(15)16)4-5-11(10)18-12-3-2-6-17-12/h2-7H,1H3. The third kappa shape index (κ3) is 2.77. The van der Waals surface area contributed by atoms with Gasteiger partial charge in [0.2, 0.25) is 0 Å². The van der Waals surface area contributed by atoms with E-state index in [2.05, 4.69) is 0 Å². The van der Waals surface area contributed by atoms with Crippen molar-refractivity contribution in [2.24, 2.45) is 0 Å².